The second kappa shape index (κ2) is 11.1. The van der Waals surface area contributed by atoms with Gasteiger partial charge in [-0.15, -0.1) is 0 Å². The van der Waals surface area contributed by atoms with Gasteiger partial charge in [-0.2, -0.15) is 0 Å². The quantitative estimate of drug-likeness (QED) is 0.285. The summed E-state index contributed by atoms with van der Waals surface area (Å²) in [5.41, 5.74) is -1.64. The summed E-state index contributed by atoms with van der Waals surface area (Å²) >= 11 is 0. The Morgan fingerprint density at radius 1 is 0.829 bits per heavy atom. The van der Waals surface area contributed by atoms with Crippen LogP contribution in [0.5, 0.6) is 0 Å². The SMILES string of the molecule is C[C@@]12CC[C@H](O)[C@@](C)(C[C@@H]3C[C@@H](O)[C@H]4O[C@@H](CO)[C@H](O)CC[C@@H]4O3)O[C@H]1C[C@@H](O)[C@H](CCCO)O2. The summed E-state index contributed by atoms with van der Waals surface area (Å²) < 4.78 is 25.0. The van der Waals surface area contributed by atoms with Crippen molar-refractivity contribution >= 4 is 0 Å². The smallest absolute Gasteiger partial charge is 0.110 e. The zero-order valence-electron chi connectivity index (χ0n) is 20.9. The molecule has 6 N–H and O–H groups in total. The van der Waals surface area contributed by atoms with Crippen molar-refractivity contribution in [2.24, 2.45) is 0 Å². The number of ether oxygens (including phenoxy) is 4. The molecular formula is C25H44O10. The minimum absolute atomic E-state index is 0.0414. The number of rotatable bonds is 6. The first-order chi connectivity index (χ1) is 16.6. The van der Waals surface area contributed by atoms with E-state index >= 15 is 0 Å². The molecule has 0 amide bonds. The summed E-state index contributed by atoms with van der Waals surface area (Å²) in [5, 5.41) is 61.6. The molecule has 0 aromatic rings. The highest BCUT2D eigenvalue weighted by atomic mass is 16.6. The van der Waals surface area contributed by atoms with Gasteiger partial charge in [-0.3, -0.25) is 0 Å². The zero-order valence-corrected chi connectivity index (χ0v) is 20.9. The standard InChI is InChI=1S/C25H44O10/c1-24-8-7-21(31)25(2,35-22(24)11-16(29)18(34-24)4-3-9-26)12-14-10-17(30)23-19(32-14)6-5-15(28)20(13-27)33-23/h14-23,26-31H,3-13H2,1-2H3/t14-,15+,16+,17+,18-,19-,20-,21-,22-,23+,24+,25+/m0/s1. The Balaban J connectivity index is 1.44. The van der Waals surface area contributed by atoms with Gasteiger partial charge in [0, 0.05) is 25.9 Å². The molecule has 4 saturated heterocycles. The van der Waals surface area contributed by atoms with E-state index in [0.29, 0.717) is 51.4 Å². The van der Waals surface area contributed by atoms with Gasteiger partial charge in [-0.25, -0.2) is 0 Å². The van der Waals surface area contributed by atoms with Crippen LogP contribution in [0.2, 0.25) is 0 Å². The lowest BCUT2D eigenvalue weighted by Gasteiger charge is -2.48. The molecule has 0 spiro atoms. The fraction of sp³-hybridized carbons (Fsp3) is 1.00. The molecule has 10 nitrogen and oxygen atoms in total. The normalized spacial score (nSPS) is 51.1. The van der Waals surface area contributed by atoms with Crippen LogP contribution in [0.3, 0.4) is 0 Å². The van der Waals surface area contributed by atoms with Crippen LogP contribution in [-0.4, -0.2) is 116 Å². The van der Waals surface area contributed by atoms with Crippen molar-refractivity contribution in [3.8, 4) is 0 Å². The third kappa shape index (κ3) is 5.87. The Bertz CT molecular complexity index is 695. The highest BCUT2D eigenvalue weighted by Gasteiger charge is 2.54. The molecule has 12 atom stereocenters. The maximum absolute atomic E-state index is 11.1. The molecule has 0 unspecified atom stereocenters. The molecule has 0 aromatic carbocycles. The van der Waals surface area contributed by atoms with Crippen LogP contribution >= 0.6 is 0 Å². The predicted molar refractivity (Wildman–Crippen MR) is 124 cm³/mol. The number of hydrogen-bond donors (Lipinski definition) is 6. The summed E-state index contributed by atoms with van der Waals surface area (Å²) in [6, 6.07) is 0. The molecule has 0 bridgehead atoms. The Morgan fingerprint density at radius 3 is 2.31 bits per heavy atom. The van der Waals surface area contributed by atoms with E-state index in [0.717, 1.165) is 0 Å². The maximum Gasteiger partial charge on any atom is 0.110 e. The van der Waals surface area contributed by atoms with E-state index in [-0.39, 0.29) is 25.7 Å². The van der Waals surface area contributed by atoms with Crippen molar-refractivity contribution in [2.45, 2.75) is 144 Å². The van der Waals surface area contributed by atoms with E-state index in [1.165, 1.54) is 0 Å². The van der Waals surface area contributed by atoms with Gasteiger partial charge in [0.15, 0.2) is 0 Å². The summed E-state index contributed by atoms with van der Waals surface area (Å²) in [5.74, 6) is 0. The first kappa shape index (κ1) is 27.6. The lowest BCUT2D eigenvalue weighted by Crippen LogP contribution is -2.58. The van der Waals surface area contributed by atoms with Crippen molar-refractivity contribution in [3.05, 3.63) is 0 Å². The lowest BCUT2D eigenvalue weighted by molar-refractivity contribution is -0.266. The van der Waals surface area contributed by atoms with Crippen LogP contribution in [0.25, 0.3) is 0 Å². The van der Waals surface area contributed by atoms with Gasteiger partial charge in [0.25, 0.3) is 0 Å². The minimum Gasteiger partial charge on any atom is -0.396 e. The molecule has 4 rings (SSSR count). The Kier molecular flexibility index (Phi) is 8.80. The van der Waals surface area contributed by atoms with Crippen molar-refractivity contribution in [3.63, 3.8) is 0 Å². The predicted octanol–water partition coefficient (Wildman–Crippen LogP) is -0.225. The van der Waals surface area contributed by atoms with Gasteiger partial charge in [0.2, 0.25) is 0 Å². The van der Waals surface area contributed by atoms with Crippen LogP contribution in [0, 0.1) is 0 Å². The molecule has 10 heteroatoms. The molecule has 35 heavy (non-hydrogen) atoms. The van der Waals surface area contributed by atoms with E-state index in [1.807, 2.05) is 13.8 Å². The number of fused-ring (bicyclic) bond motifs is 2. The molecule has 4 heterocycles. The van der Waals surface area contributed by atoms with Crippen LogP contribution < -0.4 is 0 Å². The molecular weight excluding hydrogens is 460 g/mol. The van der Waals surface area contributed by atoms with Gasteiger partial charge in [0.05, 0.1) is 66.6 Å². The van der Waals surface area contributed by atoms with Crippen molar-refractivity contribution in [1.82, 2.24) is 0 Å². The van der Waals surface area contributed by atoms with Crippen molar-refractivity contribution in [1.29, 1.82) is 0 Å². The van der Waals surface area contributed by atoms with E-state index in [2.05, 4.69) is 0 Å². The van der Waals surface area contributed by atoms with Gasteiger partial charge in [-0.1, -0.05) is 0 Å². The first-order valence-electron chi connectivity index (χ1n) is 13.2. The molecule has 4 aliphatic rings. The third-order valence-electron chi connectivity index (χ3n) is 8.60. The first-order valence-corrected chi connectivity index (χ1v) is 13.2. The number of aliphatic hydroxyl groups excluding tert-OH is 6. The lowest BCUT2D eigenvalue weighted by atomic mass is 9.83. The van der Waals surface area contributed by atoms with Crippen LogP contribution in [0.4, 0.5) is 0 Å². The number of aliphatic hydroxyl groups is 6. The Labute approximate surface area is 207 Å². The van der Waals surface area contributed by atoms with Gasteiger partial charge >= 0.3 is 0 Å². The largest absolute Gasteiger partial charge is 0.396 e. The minimum atomic E-state index is -0.973. The van der Waals surface area contributed by atoms with E-state index in [1.54, 1.807) is 0 Å². The second-order valence-electron chi connectivity index (χ2n) is 11.4. The van der Waals surface area contributed by atoms with Crippen molar-refractivity contribution < 1.29 is 49.6 Å². The molecule has 0 radical (unpaired) electrons. The molecule has 4 aliphatic heterocycles. The topological polar surface area (TPSA) is 158 Å². The summed E-state index contributed by atoms with van der Waals surface area (Å²) in [7, 11) is 0. The van der Waals surface area contributed by atoms with Gasteiger partial charge < -0.3 is 49.6 Å². The molecule has 0 aliphatic carbocycles. The summed E-state index contributed by atoms with van der Waals surface area (Å²) in [6.07, 6.45) is -2.13. The van der Waals surface area contributed by atoms with Gasteiger partial charge in [0.1, 0.15) is 12.2 Å². The van der Waals surface area contributed by atoms with Gasteiger partial charge in [-0.05, 0) is 52.4 Å². The average Bonchev–Trinajstić information content (AvgIpc) is 3.02. The fourth-order valence-electron chi connectivity index (χ4n) is 6.38. The van der Waals surface area contributed by atoms with Crippen LogP contribution in [0.1, 0.15) is 71.6 Å². The third-order valence-corrected chi connectivity index (χ3v) is 8.60. The van der Waals surface area contributed by atoms with Crippen LogP contribution in [-0.2, 0) is 18.9 Å². The molecule has 204 valence electrons. The van der Waals surface area contributed by atoms with Crippen molar-refractivity contribution in [2.75, 3.05) is 13.2 Å². The monoisotopic (exact) mass is 504 g/mol. The summed E-state index contributed by atoms with van der Waals surface area (Å²) in [4.78, 5) is 0. The molecule has 0 aromatic heterocycles. The van der Waals surface area contributed by atoms with E-state index in [9.17, 15) is 30.6 Å². The average molecular weight is 505 g/mol. The van der Waals surface area contributed by atoms with E-state index in [4.69, 9.17) is 18.9 Å². The highest BCUT2D eigenvalue weighted by Crippen LogP contribution is 2.45. The van der Waals surface area contributed by atoms with Crippen LogP contribution in [0.15, 0.2) is 0 Å². The maximum atomic E-state index is 11.1. The Hall–Kier alpha value is -0.400. The highest BCUT2D eigenvalue weighted by molar-refractivity contribution is 5.03. The molecule has 0 saturated carbocycles. The summed E-state index contributed by atoms with van der Waals surface area (Å²) in [6.45, 7) is 3.53. The van der Waals surface area contributed by atoms with E-state index < -0.39 is 66.1 Å². The second-order valence-corrected chi connectivity index (χ2v) is 11.4. The fourth-order valence-corrected chi connectivity index (χ4v) is 6.38. The number of hydrogen-bond acceptors (Lipinski definition) is 10. The zero-order chi connectivity index (χ0) is 25.4. The molecule has 4 fully saturated rings. The Morgan fingerprint density at radius 2 is 1.60 bits per heavy atom.